The average molecular weight is 593 g/mol. The van der Waals surface area contributed by atoms with Crippen LogP contribution >= 0.6 is 7.60 Å². The summed E-state index contributed by atoms with van der Waals surface area (Å²) < 4.78 is 102. The summed E-state index contributed by atoms with van der Waals surface area (Å²) in [7, 11) is -8.35. The van der Waals surface area contributed by atoms with E-state index in [9.17, 15) is 26.2 Å². The van der Waals surface area contributed by atoms with E-state index in [0.717, 1.165) is 25.3 Å². The van der Waals surface area contributed by atoms with Crippen molar-refractivity contribution < 1.29 is 44.1 Å². The molecule has 39 heavy (non-hydrogen) atoms. The van der Waals surface area contributed by atoms with Crippen molar-refractivity contribution in [1.82, 2.24) is 0 Å². The van der Waals surface area contributed by atoms with E-state index >= 15 is 0 Å². The van der Waals surface area contributed by atoms with E-state index in [1.807, 2.05) is 0 Å². The van der Waals surface area contributed by atoms with Crippen molar-refractivity contribution in [2.24, 2.45) is 0 Å². The summed E-state index contributed by atoms with van der Waals surface area (Å²) in [6.45, 7) is 3.23. The first kappa shape index (κ1) is 31.6. The van der Waals surface area contributed by atoms with Crippen molar-refractivity contribution >= 4 is 17.7 Å². The number of benzene rings is 2. The van der Waals surface area contributed by atoms with Crippen LogP contribution in [0.3, 0.4) is 0 Å². The average Bonchev–Trinajstić information content (AvgIpc) is 2.87. The maximum atomic E-state index is 13.6. The Bertz CT molecular complexity index is 1200. The number of hydrogen-bond acceptors (Lipinski definition) is 7. The normalized spacial score (nSPS) is 16.2. The van der Waals surface area contributed by atoms with Crippen LogP contribution in [0.2, 0.25) is 0 Å². The number of ether oxygens (including phenoxy) is 1. The van der Waals surface area contributed by atoms with Gasteiger partial charge in [0.1, 0.15) is 11.5 Å². The molecule has 0 aliphatic heterocycles. The van der Waals surface area contributed by atoms with Crippen molar-refractivity contribution in [3.8, 4) is 11.5 Å². The fourth-order valence-electron chi connectivity index (χ4n) is 4.60. The minimum atomic E-state index is -4.57. The van der Waals surface area contributed by atoms with Crippen LogP contribution in [0.5, 0.6) is 11.5 Å². The molecule has 1 unspecified atom stereocenters. The molecular formula is C27H36F3O7PS. The molecule has 0 radical (unpaired) electrons. The number of rotatable bonds is 14. The third-order valence-electron chi connectivity index (χ3n) is 6.36. The third-order valence-corrected chi connectivity index (χ3v) is 11.6. The lowest BCUT2D eigenvalue weighted by Crippen LogP contribution is -2.31. The second-order valence-electron chi connectivity index (χ2n) is 9.31. The van der Waals surface area contributed by atoms with Gasteiger partial charge in [-0.3, -0.25) is 8.75 Å². The van der Waals surface area contributed by atoms with E-state index in [-0.39, 0.29) is 37.6 Å². The van der Waals surface area contributed by atoms with Gasteiger partial charge < -0.3 is 13.8 Å². The van der Waals surface area contributed by atoms with E-state index in [1.54, 1.807) is 38.1 Å². The lowest BCUT2D eigenvalue weighted by molar-refractivity contribution is -0.138. The molecule has 0 spiro atoms. The number of hydrogen-bond donors (Lipinski definition) is 0. The van der Waals surface area contributed by atoms with Gasteiger partial charge >= 0.3 is 13.8 Å². The minimum absolute atomic E-state index is 0.00547. The Balaban J connectivity index is 1.75. The zero-order valence-electron chi connectivity index (χ0n) is 22.2. The Labute approximate surface area is 228 Å². The van der Waals surface area contributed by atoms with Crippen LogP contribution in [0.1, 0.15) is 69.9 Å². The number of halogens is 3. The Kier molecular flexibility index (Phi) is 11.5. The maximum Gasteiger partial charge on any atom is 0.419 e. The van der Waals surface area contributed by atoms with E-state index < -0.39 is 40.5 Å². The van der Waals surface area contributed by atoms with Crippen LogP contribution < -0.4 is 4.74 Å². The first-order valence-corrected chi connectivity index (χ1v) is 16.3. The molecule has 1 aliphatic carbocycles. The Morgan fingerprint density at radius 3 is 2.28 bits per heavy atom. The molecule has 7 nitrogen and oxygen atoms in total. The van der Waals surface area contributed by atoms with Gasteiger partial charge in [-0.1, -0.05) is 43.5 Å². The van der Waals surface area contributed by atoms with Crippen molar-refractivity contribution in [3.05, 3.63) is 59.7 Å². The maximum absolute atomic E-state index is 13.6. The summed E-state index contributed by atoms with van der Waals surface area (Å²) in [5, 5.41) is 0. The highest BCUT2D eigenvalue weighted by molar-refractivity contribution is 7.94. The summed E-state index contributed by atoms with van der Waals surface area (Å²) in [6.07, 6.45) is -0.459. The summed E-state index contributed by atoms with van der Waals surface area (Å²) in [5.74, 6) is -0.106. The van der Waals surface area contributed by atoms with Gasteiger partial charge in [-0.2, -0.15) is 21.6 Å². The molecule has 2 aromatic rings. The molecule has 0 saturated heterocycles. The largest absolute Gasteiger partial charge is 0.457 e. The number of alkyl halides is 3. The molecule has 0 N–H and O–H groups in total. The van der Waals surface area contributed by atoms with Gasteiger partial charge in [-0.15, -0.1) is 0 Å². The molecule has 2 aromatic carbocycles. The smallest absolute Gasteiger partial charge is 0.419 e. The summed E-state index contributed by atoms with van der Waals surface area (Å²) in [4.78, 5) is -1.50. The SMILES string of the molecule is CCOP(=O)(OCC)C(CCCc1cccc(Oc2ccccc2C(F)(F)F)c1)S(=O)(=O)OC1CCCCC1. The van der Waals surface area contributed by atoms with Gasteiger partial charge in [0.05, 0.1) is 24.9 Å². The van der Waals surface area contributed by atoms with E-state index in [0.29, 0.717) is 24.8 Å². The summed E-state index contributed by atoms with van der Waals surface area (Å²) in [6, 6.07) is 11.5. The van der Waals surface area contributed by atoms with Gasteiger partial charge in [0.25, 0.3) is 10.1 Å². The topological polar surface area (TPSA) is 88.1 Å². The molecular weight excluding hydrogens is 556 g/mol. The van der Waals surface area contributed by atoms with Crippen LogP contribution in [-0.4, -0.2) is 32.7 Å². The second kappa shape index (κ2) is 14.1. The fourth-order valence-corrected chi connectivity index (χ4v) is 9.16. The zero-order chi connectivity index (χ0) is 28.5. The predicted molar refractivity (Wildman–Crippen MR) is 142 cm³/mol. The van der Waals surface area contributed by atoms with Crippen molar-refractivity contribution in [2.75, 3.05) is 13.2 Å². The van der Waals surface area contributed by atoms with Crippen molar-refractivity contribution in [3.63, 3.8) is 0 Å². The summed E-state index contributed by atoms with van der Waals surface area (Å²) in [5.41, 5.74) is -0.173. The van der Waals surface area contributed by atoms with E-state index in [2.05, 4.69) is 0 Å². The van der Waals surface area contributed by atoms with E-state index in [4.69, 9.17) is 18.0 Å². The van der Waals surface area contributed by atoms with E-state index in [1.165, 1.54) is 18.2 Å². The molecule has 0 amide bonds. The van der Waals surface area contributed by atoms with Gasteiger partial charge in [-0.05, 0) is 75.8 Å². The van der Waals surface area contributed by atoms with Crippen LogP contribution in [0, 0.1) is 0 Å². The lowest BCUT2D eigenvalue weighted by Gasteiger charge is -2.28. The van der Waals surface area contributed by atoms with Gasteiger partial charge in [0.2, 0.25) is 0 Å². The zero-order valence-corrected chi connectivity index (χ0v) is 23.9. The highest BCUT2D eigenvalue weighted by Crippen LogP contribution is 2.57. The molecule has 1 aliphatic rings. The standard InChI is InChI=1S/C27H36F3O7PS/c1-3-34-38(31,35-4-2)26(39(32,33)37-22-14-6-5-7-15-22)19-11-13-21-12-10-16-23(20-21)36-25-18-9-8-17-24(25)27(28,29)30/h8-10,12,16-18,20,22,26H,3-7,11,13-15,19H2,1-2H3. The first-order valence-electron chi connectivity index (χ1n) is 13.2. The molecule has 3 rings (SSSR count). The fraction of sp³-hybridized carbons (Fsp3) is 0.556. The highest BCUT2D eigenvalue weighted by Gasteiger charge is 2.46. The summed E-state index contributed by atoms with van der Waals surface area (Å²) >= 11 is 0. The Hall–Kier alpha value is -1.91. The molecule has 0 heterocycles. The number of aryl methyl sites for hydroxylation is 1. The van der Waals surface area contributed by atoms with Crippen LogP contribution in [0.4, 0.5) is 13.2 Å². The van der Waals surface area contributed by atoms with Crippen LogP contribution in [0.25, 0.3) is 0 Å². The predicted octanol–water partition coefficient (Wildman–Crippen LogP) is 8.09. The first-order chi connectivity index (χ1) is 18.5. The second-order valence-corrected chi connectivity index (χ2v) is 13.6. The monoisotopic (exact) mass is 592 g/mol. The van der Waals surface area contributed by atoms with Crippen LogP contribution in [-0.2, 0) is 40.5 Å². The van der Waals surface area contributed by atoms with Gasteiger partial charge in [0, 0.05) is 0 Å². The molecule has 1 saturated carbocycles. The minimum Gasteiger partial charge on any atom is -0.457 e. The lowest BCUT2D eigenvalue weighted by atomic mass is 9.98. The Morgan fingerprint density at radius 1 is 0.974 bits per heavy atom. The molecule has 0 bridgehead atoms. The van der Waals surface area contributed by atoms with Gasteiger partial charge in [-0.25, -0.2) is 0 Å². The molecule has 0 aromatic heterocycles. The molecule has 1 atom stereocenters. The number of para-hydroxylation sites is 1. The van der Waals surface area contributed by atoms with Crippen LogP contribution in [0.15, 0.2) is 48.5 Å². The quantitative estimate of drug-likeness (QED) is 0.162. The van der Waals surface area contributed by atoms with Gasteiger partial charge in [0.15, 0.2) is 4.99 Å². The Morgan fingerprint density at radius 2 is 1.64 bits per heavy atom. The molecule has 218 valence electrons. The highest BCUT2D eigenvalue weighted by atomic mass is 32.2. The van der Waals surface area contributed by atoms with Crippen molar-refractivity contribution in [2.45, 2.75) is 82.5 Å². The third kappa shape index (κ3) is 9.05. The molecule has 12 heteroatoms. The molecule has 1 fully saturated rings. The van der Waals surface area contributed by atoms with Crippen molar-refractivity contribution in [1.29, 1.82) is 0 Å².